The van der Waals surface area contributed by atoms with Gasteiger partial charge in [-0.05, 0) is 48.5 Å². The first-order valence-corrected chi connectivity index (χ1v) is 17.2. The maximum atomic E-state index is 6.81. The third-order valence-corrected chi connectivity index (χ3v) is 10.1. The second-order valence-corrected chi connectivity index (χ2v) is 13.0. The summed E-state index contributed by atoms with van der Waals surface area (Å²) in [6.07, 6.45) is 0. The Labute approximate surface area is 292 Å². The van der Waals surface area contributed by atoms with Gasteiger partial charge in [-0.3, -0.25) is 4.57 Å². The molecule has 5 nitrogen and oxygen atoms in total. The second kappa shape index (κ2) is 10.8. The van der Waals surface area contributed by atoms with Crippen LogP contribution in [-0.4, -0.2) is 19.1 Å². The summed E-state index contributed by atoms with van der Waals surface area (Å²) in [5.41, 5.74) is 10.9. The summed E-state index contributed by atoms with van der Waals surface area (Å²) in [4.78, 5) is 10.6. The predicted molar refractivity (Wildman–Crippen MR) is 209 cm³/mol. The molecule has 0 aliphatic carbocycles. The van der Waals surface area contributed by atoms with Crippen molar-refractivity contribution in [2.75, 3.05) is 0 Å². The molecule has 4 aromatic heterocycles. The highest BCUT2D eigenvalue weighted by Crippen LogP contribution is 2.45. The van der Waals surface area contributed by atoms with Gasteiger partial charge in [-0.25, -0.2) is 9.97 Å². The van der Waals surface area contributed by atoms with Crippen LogP contribution in [0.5, 0.6) is 0 Å². The molecule has 0 aliphatic heterocycles. The van der Waals surface area contributed by atoms with Crippen LogP contribution in [0.3, 0.4) is 0 Å². The van der Waals surface area contributed by atoms with Crippen molar-refractivity contribution >= 4 is 65.6 Å². The number of aromatic nitrogens is 4. The molecule has 0 aliphatic rings. The van der Waals surface area contributed by atoms with Gasteiger partial charge in [0.1, 0.15) is 11.2 Å². The molecule has 0 unspecified atom stereocenters. The first kappa shape index (κ1) is 27.9. The van der Waals surface area contributed by atoms with E-state index in [9.17, 15) is 0 Å². The number of para-hydroxylation sites is 3. The Morgan fingerprint density at radius 3 is 1.69 bits per heavy atom. The standard InChI is InChI=1S/C46H28N4O/c1-4-14-29(15-5-1)36-28-37(30-16-6-2-7-17-30)48-46(47-36)50-39-26-24-34-32-20-10-12-22-38(32)49(31-18-8-3-9-19-31)44(34)42(39)43-40(50)27-25-35-33-21-11-13-23-41(33)51-45(35)43/h1-28H. The van der Waals surface area contributed by atoms with Gasteiger partial charge in [-0.1, -0.05) is 121 Å². The van der Waals surface area contributed by atoms with E-state index in [2.05, 4.69) is 161 Å². The molecule has 0 atom stereocenters. The van der Waals surface area contributed by atoms with Gasteiger partial charge in [-0.15, -0.1) is 0 Å². The van der Waals surface area contributed by atoms with Gasteiger partial charge in [0.2, 0.25) is 5.95 Å². The molecular weight excluding hydrogens is 625 g/mol. The molecule has 0 bridgehead atoms. The Hall–Kier alpha value is -6.98. The van der Waals surface area contributed by atoms with E-state index in [1.807, 2.05) is 18.2 Å². The summed E-state index contributed by atoms with van der Waals surface area (Å²) in [5, 5.41) is 6.70. The van der Waals surface area contributed by atoms with Crippen LogP contribution in [0.4, 0.5) is 0 Å². The average molecular weight is 653 g/mol. The quantitative estimate of drug-likeness (QED) is 0.190. The molecule has 0 amide bonds. The van der Waals surface area contributed by atoms with Crippen molar-refractivity contribution < 1.29 is 4.42 Å². The zero-order valence-electron chi connectivity index (χ0n) is 27.4. The largest absolute Gasteiger partial charge is 0.455 e. The fraction of sp³-hybridized carbons (Fsp3) is 0. The summed E-state index contributed by atoms with van der Waals surface area (Å²) in [7, 11) is 0. The predicted octanol–water partition coefficient (Wildman–Crippen LogP) is 11.9. The first-order chi connectivity index (χ1) is 25.3. The number of furan rings is 1. The fourth-order valence-electron chi connectivity index (χ4n) is 7.92. The van der Waals surface area contributed by atoms with Crippen molar-refractivity contribution in [3.05, 3.63) is 170 Å². The van der Waals surface area contributed by atoms with Gasteiger partial charge >= 0.3 is 0 Å². The molecular formula is C46H28N4O. The molecule has 0 radical (unpaired) electrons. The van der Waals surface area contributed by atoms with Crippen LogP contribution in [0, 0.1) is 0 Å². The molecule has 0 saturated carbocycles. The lowest BCUT2D eigenvalue weighted by molar-refractivity contribution is 0.673. The van der Waals surface area contributed by atoms with Crippen LogP contribution < -0.4 is 0 Å². The van der Waals surface area contributed by atoms with Gasteiger partial charge < -0.3 is 8.98 Å². The molecule has 0 fully saturated rings. The summed E-state index contributed by atoms with van der Waals surface area (Å²) in [6, 6.07) is 59.3. The number of rotatable bonds is 4. The summed E-state index contributed by atoms with van der Waals surface area (Å²) in [5.74, 6) is 0.604. The Kier molecular flexibility index (Phi) is 5.89. The van der Waals surface area contributed by atoms with Crippen molar-refractivity contribution in [3.63, 3.8) is 0 Å². The lowest BCUT2D eigenvalue weighted by atomic mass is 10.1. The molecule has 7 aromatic carbocycles. The van der Waals surface area contributed by atoms with Crippen LogP contribution in [0.25, 0.3) is 99.7 Å². The molecule has 11 rings (SSSR count). The van der Waals surface area contributed by atoms with Crippen LogP contribution in [-0.2, 0) is 0 Å². The maximum Gasteiger partial charge on any atom is 0.235 e. The van der Waals surface area contributed by atoms with Crippen LogP contribution in [0.15, 0.2) is 174 Å². The minimum absolute atomic E-state index is 0.604. The lowest BCUT2D eigenvalue weighted by Gasteiger charge is -2.12. The van der Waals surface area contributed by atoms with Crippen molar-refractivity contribution in [1.29, 1.82) is 0 Å². The SMILES string of the molecule is c1ccc(-c2cc(-c3ccccc3)nc(-n3c4ccc5c6ccccc6oc5c4c4c3ccc3c5ccccc5n(-c5ccccc5)c34)n2)cc1. The van der Waals surface area contributed by atoms with E-state index in [1.165, 1.54) is 10.8 Å². The number of fused-ring (bicyclic) bond motifs is 11. The third-order valence-electron chi connectivity index (χ3n) is 10.1. The fourth-order valence-corrected chi connectivity index (χ4v) is 7.92. The topological polar surface area (TPSA) is 48.8 Å². The number of hydrogen-bond donors (Lipinski definition) is 0. The Morgan fingerprint density at radius 2 is 0.980 bits per heavy atom. The summed E-state index contributed by atoms with van der Waals surface area (Å²) >= 11 is 0. The highest BCUT2D eigenvalue weighted by atomic mass is 16.3. The van der Waals surface area contributed by atoms with E-state index in [0.717, 1.165) is 83.0 Å². The molecule has 0 spiro atoms. The van der Waals surface area contributed by atoms with E-state index >= 15 is 0 Å². The van der Waals surface area contributed by atoms with Gasteiger partial charge in [0.15, 0.2) is 0 Å². The van der Waals surface area contributed by atoms with Crippen molar-refractivity contribution in [3.8, 4) is 34.2 Å². The third kappa shape index (κ3) is 4.09. The molecule has 0 saturated heterocycles. The smallest absolute Gasteiger partial charge is 0.235 e. The number of nitrogens with zero attached hydrogens (tertiary/aromatic N) is 4. The van der Waals surface area contributed by atoms with E-state index in [-0.39, 0.29) is 0 Å². The van der Waals surface area contributed by atoms with Gasteiger partial charge in [0.05, 0.1) is 38.8 Å². The van der Waals surface area contributed by atoms with Crippen molar-refractivity contribution in [1.82, 2.24) is 19.1 Å². The first-order valence-electron chi connectivity index (χ1n) is 17.2. The zero-order chi connectivity index (χ0) is 33.5. The normalized spacial score (nSPS) is 11.9. The van der Waals surface area contributed by atoms with E-state index in [4.69, 9.17) is 14.4 Å². The van der Waals surface area contributed by atoms with E-state index < -0.39 is 0 Å². The average Bonchev–Trinajstić information content (AvgIpc) is 3.86. The van der Waals surface area contributed by atoms with Crippen molar-refractivity contribution in [2.24, 2.45) is 0 Å². The monoisotopic (exact) mass is 652 g/mol. The molecule has 5 heteroatoms. The Balaban J connectivity index is 1.36. The van der Waals surface area contributed by atoms with Gasteiger partial charge in [-0.2, -0.15) is 0 Å². The molecule has 0 N–H and O–H groups in total. The molecule has 4 heterocycles. The van der Waals surface area contributed by atoms with Crippen LogP contribution in [0.2, 0.25) is 0 Å². The molecule has 11 aromatic rings. The second-order valence-electron chi connectivity index (χ2n) is 13.0. The Morgan fingerprint density at radius 1 is 0.412 bits per heavy atom. The van der Waals surface area contributed by atoms with Crippen LogP contribution >= 0.6 is 0 Å². The summed E-state index contributed by atoms with van der Waals surface area (Å²) < 4.78 is 11.4. The maximum absolute atomic E-state index is 6.81. The lowest BCUT2D eigenvalue weighted by Crippen LogP contribution is -2.04. The minimum atomic E-state index is 0.604. The van der Waals surface area contributed by atoms with E-state index in [0.29, 0.717) is 5.95 Å². The van der Waals surface area contributed by atoms with Crippen molar-refractivity contribution in [2.45, 2.75) is 0 Å². The van der Waals surface area contributed by atoms with Gasteiger partial charge in [0, 0.05) is 43.7 Å². The molecule has 51 heavy (non-hydrogen) atoms. The van der Waals surface area contributed by atoms with E-state index in [1.54, 1.807) is 0 Å². The molecule has 238 valence electrons. The zero-order valence-corrected chi connectivity index (χ0v) is 27.4. The minimum Gasteiger partial charge on any atom is -0.455 e. The summed E-state index contributed by atoms with van der Waals surface area (Å²) in [6.45, 7) is 0. The number of benzene rings is 7. The van der Waals surface area contributed by atoms with Gasteiger partial charge in [0.25, 0.3) is 0 Å². The highest BCUT2D eigenvalue weighted by molar-refractivity contribution is 6.31. The highest BCUT2D eigenvalue weighted by Gasteiger charge is 2.25. The number of hydrogen-bond acceptors (Lipinski definition) is 3. The van der Waals surface area contributed by atoms with Crippen LogP contribution in [0.1, 0.15) is 0 Å². The Bertz CT molecular complexity index is 3060.